The minimum atomic E-state index is -0.630. The van der Waals surface area contributed by atoms with Gasteiger partial charge in [0.2, 0.25) is 0 Å². The molecule has 0 unspecified atom stereocenters. The van der Waals surface area contributed by atoms with Crippen LogP contribution in [-0.2, 0) is 11.3 Å². The van der Waals surface area contributed by atoms with Crippen molar-refractivity contribution in [3.8, 4) is 5.75 Å². The lowest BCUT2D eigenvalue weighted by Gasteiger charge is -2.10. The van der Waals surface area contributed by atoms with Crippen molar-refractivity contribution in [2.45, 2.75) is 26.4 Å². The van der Waals surface area contributed by atoms with Crippen LogP contribution in [0.25, 0.3) is 0 Å². The molecule has 5 heteroatoms. The number of benzene rings is 1. The summed E-state index contributed by atoms with van der Waals surface area (Å²) in [6.45, 7) is 4.30. The van der Waals surface area contributed by atoms with Crippen molar-refractivity contribution in [1.82, 2.24) is 5.32 Å². The largest absolute Gasteiger partial charge is 0.481 e. The molecule has 1 aromatic rings. The topological polar surface area (TPSA) is 64.3 Å². The first-order valence-electron chi connectivity index (χ1n) is 5.42. The Morgan fingerprint density at radius 3 is 2.76 bits per heavy atom. The van der Waals surface area contributed by atoms with Gasteiger partial charge in [0.1, 0.15) is 0 Å². The van der Waals surface area contributed by atoms with Crippen molar-refractivity contribution in [1.29, 1.82) is 0 Å². The number of amides is 1. The molecule has 1 amide bonds. The highest BCUT2D eigenvalue weighted by molar-refractivity contribution is 5.75. The zero-order valence-electron chi connectivity index (χ0n) is 10.00. The normalized spacial score (nSPS) is 10.6. The Kier molecular flexibility index (Phi) is 4.90. The van der Waals surface area contributed by atoms with E-state index in [1.54, 1.807) is 6.07 Å². The monoisotopic (exact) mass is 240 g/mol. The van der Waals surface area contributed by atoms with Gasteiger partial charge in [0, 0.05) is 12.6 Å². The van der Waals surface area contributed by atoms with Gasteiger partial charge in [-0.15, -0.1) is 0 Å². The van der Waals surface area contributed by atoms with E-state index in [9.17, 15) is 9.18 Å². The third-order valence-corrected chi connectivity index (χ3v) is 2.08. The molecule has 1 rings (SSSR count). The Hall–Kier alpha value is -1.62. The molecular weight excluding hydrogens is 223 g/mol. The zero-order valence-corrected chi connectivity index (χ0v) is 10.00. The van der Waals surface area contributed by atoms with E-state index >= 15 is 0 Å². The van der Waals surface area contributed by atoms with Gasteiger partial charge < -0.3 is 15.8 Å². The lowest BCUT2D eigenvalue weighted by molar-refractivity contribution is -0.120. The zero-order chi connectivity index (χ0) is 12.8. The molecule has 0 heterocycles. The van der Waals surface area contributed by atoms with Crippen LogP contribution in [0.15, 0.2) is 18.2 Å². The van der Waals surface area contributed by atoms with E-state index in [0.29, 0.717) is 12.6 Å². The van der Waals surface area contributed by atoms with Gasteiger partial charge in [-0.1, -0.05) is 19.9 Å². The number of hydrogen-bond donors (Lipinski definition) is 2. The number of rotatable bonds is 6. The van der Waals surface area contributed by atoms with Crippen LogP contribution in [0.3, 0.4) is 0 Å². The fourth-order valence-corrected chi connectivity index (χ4v) is 1.24. The number of nitrogens with two attached hydrogens (primary N) is 1. The number of hydrogen-bond acceptors (Lipinski definition) is 3. The van der Waals surface area contributed by atoms with Gasteiger partial charge in [-0.25, -0.2) is 4.39 Å². The number of halogens is 1. The Morgan fingerprint density at radius 2 is 2.24 bits per heavy atom. The highest BCUT2D eigenvalue weighted by Gasteiger charge is 2.06. The number of nitrogens with one attached hydrogen (secondary N) is 1. The van der Waals surface area contributed by atoms with Crippen LogP contribution in [-0.4, -0.2) is 18.6 Å². The fourth-order valence-electron chi connectivity index (χ4n) is 1.24. The second-order valence-corrected chi connectivity index (χ2v) is 4.06. The molecule has 0 atom stereocenters. The number of primary amides is 1. The van der Waals surface area contributed by atoms with Crippen molar-refractivity contribution in [2.75, 3.05) is 6.61 Å². The molecule has 0 saturated carbocycles. The van der Waals surface area contributed by atoms with Gasteiger partial charge in [0.05, 0.1) is 0 Å². The Morgan fingerprint density at radius 1 is 1.53 bits per heavy atom. The van der Waals surface area contributed by atoms with E-state index in [-0.39, 0.29) is 12.4 Å². The van der Waals surface area contributed by atoms with Crippen LogP contribution in [0.4, 0.5) is 4.39 Å². The minimum absolute atomic E-state index is 0.0390. The average molecular weight is 240 g/mol. The standard InChI is InChI=1S/C12H17FN2O2/c1-8(2)15-6-9-3-4-11(10(13)5-9)17-7-12(14)16/h3-5,8,15H,6-7H2,1-2H3,(H2,14,16). The first-order valence-corrected chi connectivity index (χ1v) is 5.42. The van der Waals surface area contributed by atoms with Crippen molar-refractivity contribution in [3.05, 3.63) is 29.6 Å². The molecule has 0 radical (unpaired) electrons. The third kappa shape index (κ3) is 4.82. The molecule has 94 valence electrons. The summed E-state index contributed by atoms with van der Waals surface area (Å²) < 4.78 is 18.4. The maximum atomic E-state index is 13.5. The molecule has 0 aliphatic rings. The van der Waals surface area contributed by atoms with E-state index in [1.807, 2.05) is 13.8 Å². The Bertz CT molecular complexity index is 394. The molecule has 1 aromatic carbocycles. The van der Waals surface area contributed by atoms with Gasteiger partial charge in [0.25, 0.3) is 5.91 Å². The summed E-state index contributed by atoms with van der Waals surface area (Å²) in [5, 5.41) is 3.18. The first kappa shape index (κ1) is 13.4. The summed E-state index contributed by atoms with van der Waals surface area (Å²) in [6, 6.07) is 4.96. The van der Waals surface area contributed by atoms with E-state index in [1.165, 1.54) is 12.1 Å². The molecule has 0 aliphatic heterocycles. The molecule has 0 aromatic heterocycles. The molecule has 17 heavy (non-hydrogen) atoms. The third-order valence-electron chi connectivity index (χ3n) is 2.08. The van der Waals surface area contributed by atoms with Crippen LogP contribution >= 0.6 is 0 Å². The molecule has 0 spiro atoms. The van der Waals surface area contributed by atoms with Gasteiger partial charge >= 0.3 is 0 Å². The van der Waals surface area contributed by atoms with Crippen molar-refractivity contribution in [2.24, 2.45) is 5.73 Å². The second kappa shape index (κ2) is 6.20. The molecule has 4 nitrogen and oxygen atoms in total. The number of carbonyl (C=O) groups is 1. The Labute approximate surface area is 100.0 Å². The predicted octanol–water partition coefficient (Wildman–Crippen LogP) is 1.19. The van der Waals surface area contributed by atoms with Gasteiger partial charge in [0.15, 0.2) is 18.2 Å². The lowest BCUT2D eigenvalue weighted by atomic mass is 10.2. The van der Waals surface area contributed by atoms with Crippen molar-refractivity contribution < 1.29 is 13.9 Å². The van der Waals surface area contributed by atoms with E-state index in [2.05, 4.69) is 5.32 Å². The average Bonchev–Trinajstić information content (AvgIpc) is 2.24. The summed E-state index contributed by atoms with van der Waals surface area (Å²) in [7, 11) is 0. The Balaban J connectivity index is 2.62. The minimum Gasteiger partial charge on any atom is -0.481 e. The van der Waals surface area contributed by atoms with Crippen LogP contribution in [0.2, 0.25) is 0 Å². The van der Waals surface area contributed by atoms with E-state index < -0.39 is 11.7 Å². The maximum Gasteiger partial charge on any atom is 0.255 e. The smallest absolute Gasteiger partial charge is 0.255 e. The molecule has 0 aliphatic carbocycles. The second-order valence-electron chi connectivity index (χ2n) is 4.06. The van der Waals surface area contributed by atoms with Crippen molar-refractivity contribution >= 4 is 5.91 Å². The van der Waals surface area contributed by atoms with Gasteiger partial charge in [-0.05, 0) is 17.7 Å². The van der Waals surface area contributed by atoms with Crippen LogP contribution in [0.1, 0.15) is 19.4 Å². The van der Waals surface area contributed by atoms with E-state index in [4.69, 9.17) is 10.5 Å². The molecule has 0 saturated heterocycles. The first-order chi connectivity index (χ1) is 7.99. The van der Waals surface area contributed by atoms with Gasteiger partial charge in [-0.2, -0.15) is 0 Å². The molecule has 0 bridgehead atoms. The van der Waals surface area contributed by atoms with E-state index in [0.717, 1.165) is 5.56 Å². The highest BCUT2D eigenvalue weighted by atomic mass is 19.1. The van der Waals surface area contributed by atoms with Crippen LogP contribution in [0.5, 0.6) is 5.75 Å². The highest BCUT2D eigenvalue weighted by Crippen LogP contribution is 2.18. The summed E-state index contributed by atoms with van der Waals surface area (Å²) in [5.41, 5.74) is 5.73. The summed E-state index contributed by atoms with van der Waals surface area (Å²) in [6.07, 6.45) is 0. The fraction of sp³-hybridized carbons (Fsp3) is 0.417. The maximum absolute atomic E-state index is 13.5. The van der Waals surface area contributed by atoms with Crippen LogP contribution in [0, 0.1) is 5.82 Å². The molecule has 3 N–H and O–H groups in total. The lowest BCUT2D eigenvalue weighted by Crippen LogP contribution is -2.22. The SMILES string of the molecule is CC(C)NCc1ccc(OCC(N)=O)c(F)c1. The summed E-state index contributed by atoms with van der Waals surface area (Å²) in [5.74, 6) is -1.08. The molecular formula is C12H17FN2O2. The summed E-state index contributed by atoms with van der Waals surface area (Å²) >= 11 is 0. The molecule has 0 fully saturated rings. The number of ether oxygens (including phenoxy) is 1. The quantitative estimate of drug-likeness (QED) is 0.785. The number of carbonyl (C=O) groups excluding carboxylic acids is 1. The van der Waals surface area contributed by atoms with Crippen molar-refractivity contribution in [3.63, 3.8) is 0 Å². The van der Waals surface area contributed by atoms with Gasteiger partial charge in [-0.3, -0.25) is 4.79 Å². The summed E-state index contributed by atoms with van der Waals surface area (Å²) in [4.78, 5) is 10.5. The van der Waals surface area contributed by atoms with Crippen LogP contribution < -0.4 is 15.8 Å². The predicted molar refractivity (Wildman–Crippen MR) is 63.1 cm³/mol.